The molecule has 2 aromatic rings. The van der Waals surface area contributed by atoms with E-state index in [1.807, 2.05) is 0 Å². The Morgan fingerprint density at radius 3 is 2.02 bits per heavy atom. The first kappa shape index (κ1) is 30.5. The minimum absolute atomic E-state index is 0.0220. The van der Waals surface area contributed by atoms with Crippen LogP contribution in [0.2, 0.25) is 0 Å². The lowest BCUT2D eigenvalue weighted by atomic mass is 9.63. The molecule has 5 rings (SSSR count). The Morgan fingerprint density at radius 2 is 1.51 bits per heavy atom. The van der Waals surface area contributed by atoms with Gasteiger partial charge in [0.15, 0.2) is 11.6 Å². The van der Waals surface area contributed by atoms with Gasteiger partial charge >= 0.3 is 11.9 Å². The third-order valence-electron chi connectivity index (χ3n) is 8.37. The molecule has 7 nitrogen and oxygen atoms in total. The summed E-state index contributed by atoms with van der Waals surface area (Å²) in [5.74, 6) is -0.888. The molecular weight excluding hydrogens is 561 g/mol. The summed E-state index contributed by atoms with van der Waals surface area (Å²) < 4.78 is 45.5. The highest BCUT2D eigenvalue weighted by Crippen LogP contribution is 2.54. The van der Waals surface area contributed by atoms with Crippen LogP contribution in [0.1, 0.15) is 83.8 Å². The molecule has 0 fully saturated rings. The number of alkyl halides is 3. The Hall–Kier alpha value is -3.95. The molecule has 0 radical (unpaired) electrons. The number of hydrogen-bond donors (Lipinski definition) is 0. The van der Waals surface area contributed by atoms with Crippen molar-refractivity contribution in [2.45, 2.75) is 78.8 Å². The van der Waals surface area contributed by atoms with Crippen molar-refractivity contribution in [3.05, 3.63) is 86.2 Å². The van der Waals surface area contributed by atoms with E-state index in [0.29, 0.717) is 55.0 Å². The Kier molecular flexibility index (Phi) is 7.55. The number of ketones is 2. The van der Waals surface area contributed by atoms with Crippen molar-refractivity contribution in [1.29, 1.82) is 0 Å². The van der Waals surface area contributed by atoms with Crippen LogP contribution in [0, 0.1) is 20.9 Å². The van der Waals surface area contributed by atoms with E-state index in [9.17, 15) is 32.9 Å². The van der Waals surface area contributed by atoms with Gasteiger partial charge in [0, 0.05) is 53.9 Å². The number of carbonyl (C=O) groups is 2. The van der Waals surface area contributed by atoms with Crippen LogP contribution >= 0.6 is 0 Å². The summed E-state index contributed by atoms with van der Waals surface area (Å²) in [5.41, 5.74) is 1.17. The summed E-state index contributed by atoms with van der Waals surface area (Å²) in [4.78, 5) is 40.7. The number of nitrogens with zero attached hydrogens (tertiary/aromatic N) is 2. The number of nitro groups is 1. The van der Waals surface area contributed by atoms with Crippen molar-refractivity contribution in [1.82, 2.24) is 4.90 Å². The van der Waals surface area contributed by atoms with E-state index in [1.54, 1.807) is 24.3 Å². The van der Waals surface area contributed by atoms with Gasteiger partial charge in [0.1, 0.15) is 5.75 Å². The van der Waals surface area contributed by atoms with Crippen LogP contribution in [0.25, 0.3) is 0 Å². The normalized spacial score (nSPS) is 20.2. The third kappa shape index (κ3) is 5.84. The molecule has 2 aromatic carbocycles. The highest BCUT2D eigenvalue weighted by molar-refractivity contribution is 6.06. The van der Waals surface area contributed by atoms with Crippen LogP contribution in [-0.2, 0) is 15.8 Å². The molecule has 2 aliphatic carbocycles. The Bertz CT molecular complexity index is 1530. The maximum Gasteiger partial charge on any atom is 0.416 e. The van der Waals surface area contributed by atoms with Crippen molar-refractivity contribution in [3.8, 4) is 11.5 Å². The Balaban J connectivity index is 1.65. The number of rotatable bonds is 6. The van der Waals surface area contributed by atoms with Crippen molar-refractivity contribution >= 4 is 17.3 Å². The van der Waals surface area contributed by atoms with E-state index >= 15 is 0 Å². The molecule has 0 N–H and O–H groups in total. The molecule has 1 aliphatic heterocycles. The fraction of sp³-hybridized carbons (Fsp3) is 0.455. The van der Waals surface area contributed by atoms with Gasteiger partial charge in [-0.1, -0.05) is 46.8 Å². The largest absolute Gasteiger partial charge is 0.450 e. The SMILES string of the molecule is CCCN1C2=C(C(=O)CC(C)(C)C2)C(c2cccc(Oc3ccc(C(F)(F)F)cc3[N+](=O)[O-])c2)C2=C1CC(C)(C)CC2=O. The summed E-state index contributed by atoms with van der Waals surface area (Å²) in [6.07, 6.45) is -1.92. The predicted octanol–water partition coefficient (Wildman–Crippen LogP) is 8.50. The van der Waals surface area contributed by atoms with Gasteiger partial charge in [0.25, 0.3) is 0 Å². The van der Waals surface area contributed by atoms with E-state index in [-0.39, 0.29) is 33.9 Å². The second kappa shape index (κ2) is 10.6. The average molecular weight is 597 g/mol. The number of halogens is 3. The summed E-state index contributed by atoms with van der Waals surface area (Å²) in [7, 11) is 0. The van der Waals surface area contributed by atoms with Gasteiger partial charge in [-0.2, -0.15) is 13.2 Å². The molecule has 0 spiro atoms. The van der Waals surface area contributed by atoms with Gasteiger partial charge in [-0.15, -0.1) is 0 Å². The Labute approximate surface area is 248 Å². The maximum atomic E-state index is 13.9. The summed E-state index contributed by atoms with van der Waals surface area (Å²) in [6, 6.07) is 8.72. The molecule has 10 heteroatoms. The zero-order chi connectivity index (χ0) is 31.5. The quantitative estimate of drug-likeness (QED) is 0.245. The monoisotopic (exact) mass is 596 g/mol. The molecule has 3 aliphatic rings. The number of nitro benzene ring substituents is 1. The fourth-order valence-electron chi connectivity index (χ4n) is 6.68. The minimum Gasteiger partial charge on any atom is -0.450 e. The van der Waals surface area contributed by atoms with Crippen molar-refractivity contribution < 1.29 is 32.4 Å². The molecule has 0 atom stereocenters. The minimum atomic E-state index is -4.76. The van der Waals surface area contributed by atoms with Gasteiger partial charge in [-0.3, -0.25) is 19.7 Å². The number of allylic oxidation sites excluding steroid dienone is 4. The molecule has 228 valence electrons. The van der Waals surface area contributed by atoms with Crippen LogP contribution in [0.3, 0.4) is 0 Å². The van der Waals surface area contributed by atoms with E-state index < -0.39 is 28.3 Å². The molecule has 0 bridgehead atoms. The van der Waals surface area contributed by atoms with E-state index in [2.05, 4.69) is 39.5 Å². The van der Waals surface area contributed by atoms with Crippen LogP contribution in [-0.4, -0.2) is 27.9 Å². The summed E-state index contributed by atoms with van der Waals surface area (Å²) in [6.45, 7) is 11.0. The maximum absolute atomic E-state index is 13.9. The molecule has 1 heterocycles. The average Bonchev–Trinajstić information content (AvgIpc) is 2.87. The fourth-order valence-corrected chi connectivity index (χ4v) is 6.68. The lowest BCUT2D eigenvalue weighted by molar-refractivity contribution is -0.385. The second-order valence-corrected chi connectivity index (χ2v) is 13.3. The molecule has 0 aromatic heterocycles. The van der Waals surface area contributed by atoms with Gasteiger partial charge in [0.05, 0.1) is 10.5 Å². The summed E-state index contributed by atoms with van der Waals surface area (Å²) in [5, 5.41) is 11.6. The van der Waals surface area contributed by atoms with E-state index in [4.69, 9.17) is 4.74 Å². The second-order valence-electron chi connectivity index (χ2n) is 13.3. The number of ether oxygens (including phenoxy) is 1. The first-order chi connectivity index (χ1) is 20.0. The molecule has 0 saturated heterocycles. The first-order valence-corrected chi connectivity index (χ1v) is 14.4. The van der Waals surface area contributed by atoms with Crippen molar-refractivity contribution in [2.24, 2.45) is 10.8 Å². The van der Waals surface area contributed by atoms with Crippen molar-refractivity contribution in [3.63, 3.8) is 0 Å². The van der Waals surface area contributed by atoms with E-state index in [0.717, 1.165) is 29.9 Å². The molecule has 0 unspecified atom stereocenters. The van der Waals surface area contributed by atoms with E-state index in [1.165, 1.54) is 0 Å². The van der Waals surface area contributed by atoms with Gasteiger partial charge in [-0.05, 0) is 59.9 Å². The van der Waals surface area contributed by atoms with Gasteiger partial charge in [0.2, 0.25) is 5.75 Å². The number of benzene rings is 2. The molecule has 0 saturated carbocycles. The van der Waals surface area contributed by atoms with Crippen LogP contribution < -0.4 is 4.74 Å². The smallest absolute Gasteiger partial charge is 0.416 e. The van der Waals surface area contributed by atoms with Crippen LogP contribution in [0.15, 0.2) is 65.0 Å². The van der Waals surface area contributed by atoms with Crippen LogP contribution in [0.5, 0.6) is 11.5 Å². The summed E-state index contributed by atoms with van der Waals surface area (Å²) >= 11 is 0. The zero-order valence-corrected chi connectivity index (χ0v) is 24.9. The van der Waals surface area contributed by atoms with Crippen molar-refractivity contribution in [2.75, 3.05) is 6.54 Å². The zero-order valence-electron chi connectivity index (χ0n) is 24.9. The Morgan fingerprint density at radius 1 is 0.930 bits per heavy atom. The predicted molar refractivity (Wildman–Crippen MR) is 154 cm³/mol. The lowest BCUT2D eigenvalue weighted by Crippen LogP contribution is -2.44. The first-order valence-electron chi connectivity index (χ1n) is 14.4. The third-order valence-corrected chi connectivity index (χ3v) is 8.37. The van der Waals surface area contributed by atoms with Gasteiger partial charge in [-0.25, -0.2) is 0 Å². The highest BCUT2D eigenvalue weighted by Gasteiger charge is 2.48. The lowest BCUT2D eigenvalue weighted by Gasteiger charge is -2.49. The highest BCUT2D eigenvalue weighted by atomic mass is 19.4. The number of Topliss-reactive ketones (excluding diaryl/α,β-unsaturated/α-hetero) is 2. The standard InChI is InChI=1S/C33H35F3N2O5/c1-6-12-37-23-15-31(2,3)17-25(39)29(23)28(30-24(37)16-32(4,5)18-26(30)40)19-8-7-9-21(13-19)43-27-11-10-20(33(34,35)36)14-22(27)38(41)42/h7-11,13-14,28H,6,12,15-18H2,1-5H3. The number of carbonyl (C=O) groups excluding carboxylic acids is 2. The molecule has 43 heavy (non-hydrogen) atoms. The molecule has 0 amide bonds. The number of hydrogen-bond acceptors (Lipinski definition) is 6. The van der Waals surface area contributed by atoms with Crippen LogP contribution in [0.4, 0.5) is 18.9 Å². The topological polar surface area (TPSA) is 89.8 Å². The molecular formula is C33H35F3N2O5. The van der Waals surface area contributed by atoms with Gasteiger partial charge < -0.3 is 9.64 Å².